The van der Waals surface area contributed by atoms with Gasteiger partial charge in [-0.2, -0.15) is 5.10 Å². The molecule has 1 aliphatic rings. The summed E-state index contributed by atoms with van der Waals surface area (Å²) in [7, 11) is 3.84. The number of nitrogens with two attached hydrogens (primary N) is 1. The fourth-order valence-electron chi connectivity index (χ4n) is 2.22. The minimum absolute atomic E-state index is 0.161. The zero-order valence-electron chi connectivity index (χ0n) is 11.6. The number of amides is 1. The Morgan fingerprint density at radius 3 is 2.63 bits per heavy atom. The molecule has 1 amide bonds. The molecule has 7 nitrogen and oxygen atoms in total. The molecule has 2 rings (SSSR count). The van der Waals surface area contributed by atoms with Gasteiger partial charge in [0.15, 0.2) is 0 Å². The number of carbonyl (C=O) groups is 1. The molecule has 1 saturated heterocycles. The monoisotopic (exact) mass is 266 g/mol. The van der Waals surface area contributed by atoms with Crippen molar-refractivity contribution in [1.82, 2.24) is 24.9 Å². The number of nitrogen functional groups attached to an aromatic ring is 1. The number of nitrogens with zero attached hydrogens (tertiary/aromatic N) is 4. The summed E-state index contributed by atoms with van der Waals surface area (Å²) >= 11 is 0. The first-order chi connectivity index (χ1) is 9.08. The molecule has 0 saturated carbocycles. The van der Waals surface area contributed by atoms with Gasteiger partial charge in [-0.3, -0.25) is 14.4 Å². The first-order valence-electron chi connectivity index (χ1n) is 6.54. The van der Waals surface area contributed by atoms with Crippen molar-refractivity contribution >= 4 is 11.6 Å². The van der Waals surface area contributed by atoms with E-state index >= 15 is 0 Å². The Hall–Kier alpha value is -1.60. The fraction of sp³-hybridized carbons (Fsp3) is 0.667. The largest absolute Gasteiger partial charge is 0.396 e. The number of carbonyl (C=O) groups excluding carboxylic acids is 1. The third-order valence-electron chi connectivity index (χ3n) is 3.49. The first kappa shape index (κ1) is 13.8. The summed E-state index contributed by atoms with van der Waals surface area (Å²) in [5.74, 6) is -0.161. The predicted octanol–water partition coefficient (Wildman–Crippen LogP) is -1.02. The van der Waals surface area contributed by atoms with Crippen LogP contribution in [0.1, 0.15) is 10.5 Å². The van der Waals surface area contributed by atoms with Crippen molar-refractivity contribution in [3.63, 3.8) is 0 Å². The molecular formula is C12H22N6O. The lowest BCUT2D eigenvalue weighted by Gasteiger charge is -2.32. The van der Waals surface area contributed by atoms with Crippen LogP contribution in [0, 0.1) is 0 Å². The van der Waals surface area contributed by atoms with Crippen molar-refractivity contribution in [3.8, 4) is 0 Å². The Morgan fingerprint density at radius 1 is 1.37 bits per heavy atom. The van der Waals surface area contributed by atoms with E-state index in [1.807, 2.05) is 0 Å². The molecule has 0 aromatic carbocycles. The van der Waals surface area contributed by atoms with Crippen molar-refractivity contribution in [2.24, 2.45) is 7.05 Å². The second-order valence-corrected chi connectivity index (χ2v) is 4.97. The van der Waals surface area contributed by atoms with Crippen molar-refractivity contribution < 1.29 is 4.79 Å². The molecule has 7 heteroatoms. The maximum Gasteiger partial charge on any atom is 0.271 e. The quantitative estimate of drug-likeness (QED) is 0.729. The molecule has 1 aliphatic heterocycles. The summed E-state index contributed by atoms with van der Waals surface area (Å²) in [6.45, 7) is 5.79. The van der Waals surface area contributed by atoms with Crippen LogP contribution in [0.2, 0.25) is 0 Å². The number of aryl methyl sites for hydroxylation is 1. The maximum atomic E-state index is 12.0. The van der Waals surface area contributed by atoms with E-state index in [1.54, 1.807) is 7.05 Å². The van der Waals surface area contributed by atoms with Gasteiger partial charge < -0.3 is 16.0 Å². The van der Waals surface area contributed by atoms with E-state index in [0.717, 1.165) is 32.7 Å². The van der Waals surface area contributed by atoms with Crippen LogP contribution in [0.3, 0.4) is 0 Å². The van der Waals surface area contributed by atoms with E-state index in [9.17, 15) is 4.79 Å². The molecular weight excluding hydrogens is 244 g/mol. The molecule has 0 unspecified atom stereocenters. The molecule has 0 spiro atoms. The van der Waals surface area contributed by atoms with Crippen LogP contribution < -0.4 is 11.1 Å². The van der Waals surface area contributed by atoms with Crippen molar-refractivity contribution in [1.29, 1.82) is 0 Å². The molecule has 1 aromatic rings. The average Bonchev–Trinajstić information content (AvgIpc) is 2.71. The second kappa shape index (κ2) is 6.03. The SMILES string of the molecule is CN1CCN(CCNC(=O)c2c(N)cnn2C)CC1. The summed E-state index contributed by atoms with van der Waals surface area (Å²) in [5, 5.41) is 6.85. The topological polar surface area (TPSA) is 79.4 Å². The average molecular weight is 266 g/mol. The number of rotatable bonds is 4. The zero-order valence-corrected chi connectivity index (χ0v) is 11.6. The van der Waals surface area contributed by atoms with E-state index < -0.39 is 0 Å². The highest BCUT2D eigenvalue weighted by atomic mass is 16.2. The highest BCUT2D eigenvalue weighted by Gasteiger charge is 2.16. The summed E-state index contributed by atoms with van der Waals surface area (Å²) in [6, 6.07) is 0. The van der Waals surface area contributed by atoms with Gasteiger partial charge >= 0.3 is 0 Å². The van der Waals surface area contributed by atoms with Gasteiger partial charge in [-0.05, 0) is 7.05 Å². The zero-order chi connectivity index (χ0) is 13.8. The number of likely N-dealkylation sites (N-methyl/N-ethyl adjacent to an activating group) is 1. The molecule has 1 aromatic heterocycles. The molecule has 0 atom stereocenters. The van der Waals surface area contributed by atoms with Crippen LogP contribution in [-0.2, 0) is 7.05 Å². The summed E-state index contributed by atoms with van der Waals surface area (Å²) in [6.07, 6.45) is 1.50. The van der Waals surface area contributed by atoms with Gasteiger partial charge in [0.1, 0.15) is 5.69 Å². The number of nitrogens with one attached hydrogen (secondary N) is 1. The lowest BCUT2D eigenvalue weighted by molar-refractivity contribution is 0.0932. The van der Waals surface area contributed by atoms with Crippen LogP contribution in [-0.4, -0.2) is 71.8 Å². The predicted molar refractivity (Wildman–Crippen MR) is 73.9 cm³/mol. The maximum absolute atomic E-state index is 12.0. The smallest absolute Gasteiger partial charge is 0.271 e. The lowest BCUT2D eigenvalue weighted by atomic mass is 10.3. The van der Waals surface area contributed by atoms with E-state index in [1.165, 1.54) is 10.9 Å². The number of aromatic nitrogens is 2. The van der Waals surface area contributed by atoms with Gasteiger partial charge in [-0.25, -0.2) is 0 Å². The third-order valence-corrected chi connectivity index (χ3v) is 3.49. The molecule has 0 bridgehead atoms. The summed E-state index contributed by atoms with van der Waals surface area (Å²) in [4.78, 5) is 16.6. The molecule has 3 N–H and O–H groups in total. The van der Waals surface area contributed by atoms with Gasteiger partial charge in [0.25, 0.3) is 5.91 Å². The van der Waals surface area contributed by atoms with Gasteiger partial charge in [-0.1, -0.05) is 0 Å². The van der Waals surface area contributed by atoms with Crippen LogP contribution in [0.5, 0.6) is 0 Å². The number of anilines is 1. The first-order valence-corrected chi connectivity index (χ1v) is 6.54. The number of hydrogen-bond acceptors (Lipinski definition) is 5. The molecule has 0 radical (unpaired) electrons. The minimum atomic E-state index is -0.161. The normalized spacial score (nSPS) is 17.6. The number of piperazine rings is 1. The Bertz CT molecular complexity index is 416. The standard InChI is InChI=1S/C12H22N6O/c1-16-5-7-18(8-6-16)4-3-14-12(19)11-10(13)9-15-17(11)2/h9H,3-8,13H2,1-2H3,(H,14,19). The second-order valence-electron chi connectivity index (χ2n) is 4.97. The highest BCUT2D eigenvalue weighted by molar-refractivity contribution is 5.97. The Balaban J connectivity index is 1.75. The van der Waals surface area contributed by atoms with Crippen LogP contribution in [0.15, 0.2) is 6.20 Å². The van der Waals surface area contributed by atoms with Crippen molar-refractivity contribution in [3.05, 3.63) is 11.9 Å². The Kier molecular flexibility index (Phi) is 4.39. The van der Waals surface area contributed by atoms with Gasteiger partial charge in [0.2, 0.25) is 0 Å². The molecule has 106 valence electrons. The van der Waals surface area contributed by atoms with Gasteiger partial charge in [-0.15, -0.1) is 0 Å². The Labute approximate surface area is 113 Å². The summed E-state index contributed by atoms with van der Waals surface area (Å²) < 4.78 is 1.50. The minimum Gasteiger partial charge on any atom is -0.396 e. The Morgan fingerprint density at radius 2 is 2.05 bits per heavy atom. The van der Waals surface area contributed by atoms with Gasteiger partial charge in [0.05, 0.1) is 11.9 Å². The number of hydrogen-bond donors (Lipinski definition) is 2. The molecule has 0 aliphatic carbocycles. The third kappa shape index (κ3) is 3.45. The van der Waals surface area contributed by atoms with E-state index in [-0.39, 0.29) is 5.91 Å². The highest BCUT2D eigenvalue weighted by Crippen LogP contribution is 2.08. The van der Waals surface area contributed by atoms with E-state index in [2.05, 4.69) is 27.3 Å². The van der Waals surface area contributed by atoms with E-state index in [4.69, 9.17) is 5.73 Å². The van der Waals surface area contributed by atoms with Crippen LogP contribution in [0.4, 0.5) is 5.69 Å². The summed E-state index contributed by atoms with van der Waals surface area (Å²) in [5.41, 5.74) is 6.56. The lowest BCUT2D eigenvalue weighted by Crippen LogP contribution is -2.47. The molecule has 2 heterocycles. The van der Waals surface area contributed by atoms with Crippen molar-refractivity contribution in [2.75, 3.05) is 52.0 Å². The van der Waals surface area contributed by atoms with Crippen LogP contribution >= 0.6 is 0 Å². The van der Waals surface area contributed by atoms with Crippen LogP contribution in [0.25, 0.3) is 0 Å². The molecule has 1 fully saturated rings. The molecule has 19 heavy (non-hydrogen) atoms. The van der Waals surface area contributed by atoms with E-state index in [0.29, 0.717) is 17.9 Å². The fourth-order valence-corrected chi connectivity index (χ4v) is 2.22. The van der Waals surface area contributed by atoms with Crippen molar-refractivity contribution in [2.45, 2.75) is 0 Å². The van der Waals surface area contributed by atoms with Gasteiger partial charge in [0, 0.05) is 46.3 Å².